The lowest BCUT2D eigenvalue weighted by Crippen LogP contribution is -2.19. The summed E-state index contributed by atoms with van der Waals surface area (Å²) < 4.78 is 0. The van der Waals surface area contributed by atoms with E-state index in [2.05, 4.69) is 29.3 Å². The van der Waals surface area contributed by atoms with E-state index in [1.54, 1.807) is 0 Å². The molecule has 17 heavy (non-hydrogen) atoms. The lowest BCUT2D eigenvalue weighted by molar-refractivity contribution is 0.0972. The Hall–Kier alpha value is -1.20. The van der Waals surface area contributed by atoms with Crippen molar-refractivity contribution in [2.45, 2.75) is 20.8 Å². The number of Topliss-reactive ketones (excluding diaryl/α,β-unsaturated/α-hetero) is 1. The Morgan fingerprint density at radius 3 is 2.59 bits per heavy atom. The third kappa shape index (κ3) is 1.79. The monoisotopic (exact) mass is 244 g/mol. The van der Waals surface area contributed by atoms with Crippen LogP contribution < -0.4 is 0 Å². The Balaban J connectivity index is 2.54. The summed E-state index contributed by atoms with van der Waals surface area (Å²) in [4.78, 5) is 12.4. The fourth-order valence-electron chi connectivity index (χ4n) is 2.35. The highest BCUT2D eigenvalue weighted by atomic mass is 31.0. The fourth-order valence-corrected chi connectivity index (χ4v) is 3.00. The van der Waals surface area contributed by atoms with Gasteiger partial charge in [0.05, 0.1) is 5.92 Å². The molecule has 0 spiro atoms. The summed E-state index contributed by atoms with van der Waals surface area (Å²) in [5, 5.41) is 0.974. The molecular weight excluding hydrogens is 227 g/mol. The number of ketones is 1. The van der Waals surface area contributed by atoms with Crippen molar-refractivity contribution in [3.8, 4) is 0 Å². The van der Waals surface area contributed by atoms with Gasteiger partial charge in [-0.05, 0) is 29.3 Å². The normalized spacial score (nSPS) is 18.7. The molecule has 0 aliphatic heterocycles. The Labute approximate surface area is 105 Å². The van der Waals surface area contributed by atoms with Gasteiger partial charge in [-0.3, -0.25) is 4.79 Å². The van der Waals surface area contributed by atoms with Crippen LogP contribution in [0.4, 0.5) is 0 Å². The number of carbonyl (C=O) groups is 1. The second kappa shape index (κ2) is 4.23. The van der Waals surface area contributed by atoms with Gasteiger partial charge in [0.25, 0.3) is 0 Å². The van der Waals surface area contributed by atoms with Crippen molar-refractivity contribution in [2.24, 2.45) is 11.8 Å². The molecule has 1 atom stereocenters. The van der Waals surface area contributed by atoms with Crippen LogP contribution in [0.25, 0.3) is 0 Å². The van der Waals surface area contributed by atoms with Crippen molar-refractivity contribution < 1.29 is 4.79 Å². The first-order valence-corrected chi connectivity index (χ1v) is 6.36. The van der Waals surface area contributed by atoms with Crippen molar-refractivity contribution in [1.82, 2.24) is 0 Å². The molecule has 0 amide bonds. The second-order valence-corrected chi connectivity index (χ2v) is 5.48. The molecule has 0 heterocycles. The molecule has 0 bridgehead atoms. The van der Waals surface area contributed by atoms with Crippen molar-refractivity contribution >= 4 is 19.9 Å². The molecule has 0 radical (unpaired) electrons. The van der Waals surface area contributed by atoms with Crippen LogP contribution >= 0.6 is 8.86 Å². The highest BCUT2D eigenvalue weighted by Gasteiger charge is 2.37. The number of carbonyl (C=O) groups excluding carboxylic acids is 1. The van der Waals surface area contributed by atoms with E-state index < -0.39 is 0 Å². The highest BCUT2D eigenvalue weighted by Crippen LogP contribution is 2.36. The molecular formula is C15H17OP. The van der Waals surface area contributed by atoms with Crippen LogP contribution in [0, 0.1) is 18.8 Å². The summed E-state index contributed by atoms with van der Waals surface area (Å²) in [7, 11) is 3.66. The van der Waals surface area contributed by atoms with Gasteiger partial charge in [-0.2, -0.15) is 0 Å². The predicted molar refractivity (Wildman–Crippen MR) is 75.4 cm³/mol. The fraction of sp³-hybridized carbons (Fsp3) is 0.333. The molecule has 0 saturated carbocycles. The SMILES string of the molecule is C=C(C(C)C)C1C(=O)c2cccc(C)c2C1=P. The average molecular weight is 244 g/mol. The van der Waals surface area contributed by atoms with Gasteiger partial charge in [0, 0.05) is 5.56 Å². The topological polar surface area (TPSA) is 17.1 Å². The zero-order valence-corrected chi connectivity index (χ0v) is 11.5. The second-order valence-electron chi connectivity index (χ2n) is 4.94. The lowest BCUT2D eigenvalue weighted by Gasteiger charge is -2.16. The molecule has 0 N–H and O–H groups in total. The Morgan fingerprint density at radius 2 is 2.06 bits per heavy atom. The van der Waals surface area contributed by atoms with E-state index in [4.69, 9.17) is 0 Å². The average Bonchev–Trinajstić information content (AvgIpc) is 2.52. The smallest absolute Gasteiger partial charge is 0.175 e. The van der Waals surface area contributed by atoms with Crippen molar-refractivity contribution in [1.29, 1.82) is 0 Å². The summed E-state index contributed by atoms with van der Waals surface area (Å²) in [6.45, 7) is 10.3. The maximum atomic E-state index is 12.4. The molecule has 0 fully saturated rings. The highest BCUT2D eigenvalue weighted by molar-refractivity contribution is 7.23. The van der Waals surface area contributed by atoms with Crippen molar-refractivity contribution in [2.75, 3.05) is 0 Å². The van der Waals surface area contributed by atoms with Crippen LogP contribution in [-0.4, -0.2) is 11.1 Å². The quantitative estimate of drug-likeness (QED) is 0.573. The number of benzene rings is 1. The van der Waals surface area contributed by atoms with Gasteiger partial charge in [-0.1, -0.05) is 44.2 Å². The molecule has 2 rings (SSSR count). The standard InChI is InChI=1S/C15H17OP/c1-8(2)10(4)13-14(16)11-7-5-6-9(3)12(11)15(13)17/h5-8,13,17H,4H2,1-3H3. The van der Waals surface area contributed by atoms with E-state index in [1.807, 2.05) is 25.1 Å². The minimum Gasteiger partial charge on any atom is -0.293 e. The van der Waals surface area contributed by atoms with Crippen LogP contribution in [0.5, 0.6) is 0 Å². The van der Waals surface area contributed by atoms with E-state index in [-0.39, 0.29) is 11.7 Å². The Morgan fingerprint density at radius 1 is 1.41 bits per heavy atom. The molecule has 1 aliphatic rings. The van der Waals surface area contributed by atoms with Crippen molar-refractivity contribution in [3.05, 3.63) is 47.0 Å². The molecule has 0 aromatic heterocycles. The van der Waals surface area contributed by atoms with Gasteiger partial charge >= 0.3 is 0 Å². The summed E-state index contributed by atoms with van der Waals surface area (Å²) in [6.07, 6.45) is 0. The third-order valence-corrected chi connectivity index (χ3v) is 4.01. The first-order chi connectivity index (χ1) is 7.95. The molecule has 88 valence electrons. The van der Waals surface area contributed by atoms with Gasteiger partial charge in [0.2, 0.25) is 0 Å². The van der Waals surface area contributed by atoms with Crippen LogP contribution in [-0.2, 0) is 0 Å². The molecule has 0 saturated heterocycles. The molecule has 2 heteroatoms. The van der Waals surface area contributed by atoms with Crippen LogP contribution in [0.1, 0.15) is 35.3 Å². The van der Waals surface area contributed by atoms with Gasteiger partial charge in [0.15, 0.2) is 5.78 Å². The third-order valence-electron chi connectivity index (χ3n) is 3.47. The van der Waals surface area contributed by atoms with Gasteiger partial charge in [-0.15, -0.1) is 8.86 Å². The van der Waals surface area contributed by atoms with E-state index in [0.29, 0.717) is 5.92 Å². The number of hydrogen-bond donors (Lipinski definition) is 0. The van der Waals surface area contributed by atoms with Crippen LogP contribution in [0.15, 0.2) is 30.4 Å². The molecule has 1 aromatic carbocycles. The molecule has 1 aliphatic carbocycles. The van der Waals surface area contributed by atoms with Gasteiger partial charge in [0.1, 0.15) is 0 Å². The van der Waals surface area contributed by atoms with Crippen molar-refractivity contribution in [3.63, 3.8) is 0 Å². The molecule has 1 aromatic rings. The zero-order chi connectivity index (χ0) is 12.7. The first kappa shape index (κ1) is 12.3. The summed E-state index contributed by atoms with van der Waals surface area (Å²) in [6, 6.07) is 5.87. The number of hydrogen-bond acceptors (Lipinski definition) is 1. The van der Waals surface area contributed by atoms with E-state index in [9.17, 15) is 4.79 Å². The predicted octanol–water partition coefficient (Wildman–Crippen LogP) is 3.68. The molecule has 1 nitrogen and oxygen atoms in total. The van der Waals surface area contributed by atoms with E-state index in [0.717, 1.165) is 27.6 Å². The van der Waals surface area contributed by atoms with Crippen LogP contribution in [0.2, 0.25) is 0 Å². The number of allylic oxidation sites excluding steroid dienone is 1. The maximum Gasteiger partial charge on any atom is 0.175 e. The van der Waals surface area contributed by atoms with Gasteiger partial charge < -0.3 is 0 Å². The minimum atomic E-state index is -0.192. The minimum absolute atomic E-state index is 0.174. The maximum absolute atomic E-state index is 12.4. The first-order valence-electron chi connectivity index (χ1n) is 5.86. The largest absolute Gasteiger partial charge is 0.293 e. The summed E-state index contributed by atoms with van der Waals surface area (Å²) in [5.74, 6) is 0.292. The van der Waals surface area contributed by atoms with E-state index >= 15 is 0 Å². The number of rotatable bonds is 2. The van der Waals surface area contributed by atoms with Gasteiger partial charge in [-0.25, -0.2) is 0 Å². The number of fused-ring (bicyclic) bond motifs is 1. The zero-order valence-electron chi connectivity index (χ0n) is 10.5. The lowest BCUT2D eigenvalue weighted by atomic mass is 9.88. The Bertz CT molecular complexity index is 526. The van der Waals surface area contributed by atoms with E-state index in [1.165, 1.54) is 0 Å². The Kier molecular flexibility index (Phi) is 3.05. The summed E-state index contributed by atoms with van der Waals surface area (Å²) >= 11 is 0. The molecule has 1 unspecified atom stereocenters. The number of aryl methyl sites for hydroxylation is 1. The van der Waals surface area contributed by atoms with Crippen LogP contribution in [0.3, 0.4) is 0 Å². The summed E-state index contributed by atoms with van der Waals surface area (Å²) in [5.41, 5.74) is 4.00.